The number of hydrogen-bond acceptors (Lipinski definition) is 5. The second-order valence-electron chi connectivity index (χ2n) is 4.36. The van der Waals surface area contributed by atoms with E-state index in [-0.39, 0.29) is 9.73 Å². The minimum Gasteiger partial charge on any atom is -0.398 e. The van der Waals surface area contributed by atoms with Crippen molar-refractivity contribution in [2.24, 2.45) is 0 Å². The first-order chi connectivity index (χ1) is 9.41. The number of nitrogen functional groups attached to an aromatic ring is 1. The summed E-state index contributed by atoms with van der Waals surface area (Å²) in [7, 11) is -3.90. The van der Waals surface area contributed by atoms with Crippen molar-refractivity contribution in [3.63, 3.8) is 0 Å². The van der Waals surface area contributed by atoms with Gasteiger partial charge in [-0.05, 0) is 36.1 Å². The van der Waals surface area contributed by atoms with Gasteiger partial charge in [0.25, 0.3) is 10.0 Å². The number of imidazole rings is 1. The Labute approximate surface area is 118 Å². The van der Waals surface area contributed by atoms with Gasteiger partial charge in [-0.2, -0.15) is 12.4 Å². The molecular weight excluding hydrogens is 298 g/mol. The molecule has 8 heteroatoms. The summed E-state index contributed by atoms with van der Waals surface area (Å²) in [5, 5.41) is 1.64. The molecule has 3 N–H and O–H groups in total. The fourth-order valence-electron chi connectivity index (χ4n) is 2.00. The summed E-state index contributed by atoms with van der Waals surface area (Å²) in [6.07, 6.45) is 0. The third kappa shape index (κ3) is 1.76. The van der Waals surface area contributed by atoms with Crippen molar-refractivity contribution in [2.45, 2.75) is 11.1 Å². The van der Waals surface area contributed by atoms with Crippen LogP contribution in [0.1, 0.15) is 5.56 Å². The quantitative estimate of drug-likeness (QED) is 0.701. The zero-order valence-electron chi connectivity index (χ0n) is 10.5. The van der Waals surface area contributed by atoms with Crippen molar-refractivity contribution >= 4 is 38.1 Å². The SMILES string of the molecule is Cc1cc2[nH]c(=O)n(S(=O)(=O)c3cccs3)c2cc1N. The van der Waals surface area contributed by atoms with Gasteiger partial charge in [0.15, 0.2) is 0 Å². The fraction of sp³-hybridized carbons (Fsp3) is 0.0833. The first-order valence-electron chi connectivity index (χ1n) is 5.71. The van der Waals surface area contributed by atoms with Crippen LogP contribution in [0.2, 0.25) is 0 Å². The zero-order chi connectivity index (χ0) is 14.5. The molecule has 6 nitrogen and oxygen atoms in total. The van der Waals surface area contributed by atoms with E-state index in [9.17, 15) is 13.2 Å². The van der Waals surface area contributed by atoms with Gasteiger partial charge in [0.05, 0.1) is 11.0 Å². The van der Waals surface area contributed by atoms with Crippen LogP contribution in [0.15, 0.2) is 38.6 Å². The van der Waals surface area contributed by atoms with Crippen LogP contribution in [-0.2, 0) is 10.0 Å². The van der Waals surface area contributed by atoms with Gasteiger partial charge in [0.2, 0.25) is 0 Å². The summed E-state index contributed by atoms with van der Waals surface area (Å²) in [6, 6.07) is 6.24. The molecule has 0 radical (unpaired) electrons. The average molecular weight is 309 g/mol. The summed E-state index contributed by atoms with van der Waals surface area (Å²) >= 11 is 1.06. The van der Waals surface area contributed by atoms with Gasteiger partial charge in [-0.3, -0.25) is 0 Å². The summed E-state index contributed by atoms with van der Waals surface area (Å²) in [6.45, 7) is 1.79. The van der Waals surface area contributed by atoms with Gasteiger partial charge in [-0.1, -0.05) is 6.07 Å². The molecule has 0 saturated heterocycles. The number of aromatic amines is 1. The summed E-state index contributed by atoms with van der Waals surface area (Å²) < 4.78 is 25.9. The number of rotatable bonds is 2. The standard InChI is InChI=1S/C12H11N3O3S2/c1-7-5-9-10(6-8(7)13)15(12(16)14-9)20(17,18)11-3-2-4-19-11/h2-6H,13H2,1H3,(H,14,16). The molecule has 0 saturated carbocycles. The predicted octanol–water partition coefficient (Wildman–Crippen LogP) is 1.52. The Bertz CT molecular complexity index is 950. The van der Waals surface area contributed by atoms with E-state index in [1.807, 2.05) is 0 Å². The Morgan fingerprint density at radius 3 is 2.75 bits per heavy atom. The lowest BCUT2D eigenvalue weighted by molar-refractivity contribution is 0.589. The maximum Gasteiger partial charge on any atom is 0.340 e. The molecule has 1 aromatic carbocycles. The number of aromatic nitrogens is 2. The van der Waals surface area contributed by atoms with Crippen LogP contribution in [0.4, 0.5) is 5.69 Å². The van der Waals surface area contributed by atoms with Crippen LogP contribution < -0.4 is 11.4 Å². The molecule has 20 heavy (non-hydrogen) atoms. The second kappa shape index (κ2) is 4.22. The molecule has 3 aromatic rings. The summed E-state index contributed by atoms with van der Waals surface area (Å²) in [4.78, 5) is 14.5. The highest BCUT2D eigenvalue weighted by atomic mass is 32.2. The number of benzene rings is 1. The van der Waals surface area contributed by atoms with Crippen molar-refractivity contribution in [3.05, 3.63) is 45.7 Å². The molecule has 0 amide bonds. The highest BCUT2D eigenvalue weighted by Crippen LogP contribution is 2.24. The van der Waals surface area contributed by atoms with Crippen molar-refractivity contribution in [1.82, 2.24) is 8.96 Å². The Morgan fingerprint density at radius 2 is 2.10 bits per heavy atom. The Balaban J connectivity index is 2.41. The molecule has 0 spiro atoms. The maximum atomic E-state index is 12.5. The van der Waals surface area contributed by atoms with Crippen molar-refractivity contribution in [1.29, 1.82) is 0 Å². The molecule has 104 valence electrons. The number of nitrogens with zero attached hydrogens (tertiary/aromatic N) is 1. The van der Waals surface area contributed by atoms with E-state index in [0.29, 0.717) is 11.2 Å². The average Bonchev–Trinajstić information content (AvgIpc) is 2.97. The third-order valence-corrected chi connectivity index (χ3v) is 6.09. The Hall–Kier alpha value is -2.06. The molecule has 0 bridgehead atoms. The van der Waals surface area contributed by atoms with E-state index >= 15 is 0 Å². The molecule has 0 unspecified atom stereocenters. The van der Waals surface area contributed by atoms with Crippen LogP contribution in [0, 0.1) is 6.92 Å². The first-order valence-corrected chi connectivity index (χ1v) is 8.03. The lowest BCUT2D eigenvalue weighted by atomic mass is 10.2. The van der Waals surface area contributed by atoms with Gasteiger partial charge in [0.1, 0.15) is 4.21 Å². The van der Waals surface area contributed by atoms with Crippen LogP contribution in [0.25, 0.3) is 11.0 Å². The number of hydrogen-bond donors (Lipinski definition) is 2. The van der Waals surface area contributed by atoms with Crippen LogP contribution >= 0.6 is 11.3 Å². The maximum absolute atomic E-state index is 12.5. The molecule has 0 aliphatic heterocycles. The zero-order valence-corrected chi connectivity index (χ0v) is 12.1. The van der Waals surface area contributed by atoms with Crippen molar-refractivity contribution < 1.29 is 8.42 Å². The molecule has 2 aromatic heterocycles. The topological polar surface area (TPSA) is 98.0 Å². The van der Waals surface area contributed by atoms with Gasteiger partial charge >= 0.3 is 5.69 Å². The molecule has 0 atom stereocenters. The van der Waals surface area contributed by atoms with E-state index in [0.717, 1.165) is 20.9 Å². The van der Waals surface area contributed by atoms with Crippen LogP contribution in [-0.4, -0.2) is 17.4 Å². The first kappa shape index (κ1) is 12.9. The molecule has 0 fully saturated rings. The number of anilines is 1. The Morgan fingerprint density at radius 1 is 1.35 bits per heavy atom. The van der Waals surface area contributed by atoms with E-state index in [2.05, 4.69) is 4.98 Å². The normalized spacial score (nSPS) is 12.1. The lowest BCUT2D eigenvalue weighted by Crippen LogP contribution is -2.24. The van der Waals surface area contributed by atoms with Crippen molar-refractivity contribution in [3.8, 4) is 0 Å². The molecule has 0 aliphatic carbocycles. The summed E-state index contributed by atoms with van der Waals surface area (Å²) in [5.74, 6) is 0. The smallest absolute Gasteiger partial charge is 0.340 e. The third-order valence-electron chi connectivity index (χ3n) is 3.02. The van der Waals surface area contributed by atoms with Gasteiger partial charge in [-0.15, -0.1) is 11.3 Å². The number of aryl methyl sites for hydroxylation is 1. The lowest BCUT2D eigenvalue weighted by Gasteiger charge is -2.05. The number of nitrogens with two attached hydrogens (primary N) is 1. The van der Waals surface area contributed by atoms with E-state index < -0.39 is 15.7 Å². The van der Waals surface area contributed by atoms with Gasteiger partial charge in [0, 0.05) is 5.69 Å². The number of H-pyrrole nitrogens is 1. The predicted molar refractivity (Wildman–Crippen MR) is 78.6 cm³/mol. The van der Waals surface area contributed by atoms with Crippen molar-refractivity contribution in [2.75, 3.05) is 5.73 Å². The number of fused-ring (bicyclic) bond motifs is 1. The second-order valence-corrected chi connectivity index (χ2v) is 7.32. The molecule has 2 heterocycles. The van der Waals surface area contributed by atoms with E-state index in [1.54, 1.807) is 24.4 Å². The van der Waals surface area contributed by atoms with E-state index in [1.165, 1.54) is 12.1 Å². The highest BCUT2D eigenvalue weighted by Gasteiger charge is 2.23. The summed E-state index contributed by atoms with van der Waals surface area (Å²) in [5.41, 5.74) is 7.02. The van der Waals surface area contributed by atoms with Gasteiger partial charge in [-0.25, -0.2) is 4.79 Å². The van der Waals surface area contributed by atoms with Crippen LogP contribution in [0.3, 0.4) is 0 Å². The van der Waals surface area contributed by atoms with E-state index in [4.69, 9.17) is 5.73 Å². The van der Waals surface area contributed by atoms with Gasteiger partial charge < -0.3 is 10.7 Å². The minimum atomic E-state index is -3.90. The highest BCUT2D eigenvalue weighted by molar-refractivity contribution is 7.92. The minimum absolute atomic E-state index is 0.111. The van der Waals surface area contributed by atoms with Crippen LogP contribution in [0.5, 0.6) is 0 Å². The fourth-order valence-corrected chi connectivity index (χ4v) is 4.42. The molecule has 0 aliphatic rings. The largest absolute Gasteiger partial charge is 0.398 e. The molecular formula is C12H11N3O3S2. The number of nitrogens with one attached hydrogen (secondary N) is 1. The number of thiophene rings is 1. The monoisotopic (exact) mass is 309 g/mol. The molecule has 3 rings (SSSR count). The Kier molecular flexibility index (Phi) is 2.73.